The first-order chi connectivity index (χ1) is 13.8. The van der Waals surface area contributed by atoms with E-state index in [4.69, 9.17) is 0 Å². The fourth-order valence-electron chi connectivity index (χ4n) is 3.65. The van der Waals surface area contributed by atoms with Gasteiger partial charge in [-0.05, 0) is 43.4 Å². The van der Waals surface area contributed by atoms with Gasteiger partial charge in [0, 0.05) is 5.69 Å². The van der Waals surface area contributed by atoms with Crippen LogP contribution < -0.4 is 10.6 Å². The molecule has 2 aromatic carbocycles. The molecular formula is C23H27N3O3. The Bertz CT molecular complexity index is 930. The minimum absolute atomic E-state index is 0.326. The fourth-order valence-corrected chi connectivity index (χ4v) is 3.65. The summed E-state index contributed by atoms with van der Waals surface area (Å²) in [5.74, 6) is -0.821. The van der Waals surface area contributed by atoms with Gasteiger partial charge in [-0.15, -0.1) is 0 Å². The molecule has 1 fully saturated rings. The molecule has 1 atom stereocenters. The number of imide groups is 1. The van der Waals surface area contributed by atoms with Crippen LogP contribution in [-0.4, -0.2) is 29.3 Å². The third-order valence-corrected chi connectivity index (χ3v) is 5.47. The smallest absolute Gasteiger partial charge is 0.324 e. The van der Waals surface area contributed by atoms with Gasteiger partial charge in [0.1, 0.15) is 12.1 Å². The summed E-state index contributed by atoms with van der Waals surface area (Å²) in [5.41, 5.74) is 3.40. The molecule has 1 heterocycles. The van der Waals surface area contributed by atoms with Crippen LogP contribution >= 0.6 is 0 Å². The number of nitrogens with one attached hydrogen (secondary N) is 2. The number of hydrogen-bond donors (Lipinski definition) is 2. The predicted molar refractivity (Wildman–Crippen MR) is 113 cm³/mol. The molecule has 0 bridgehead atoms. The lowest BCUT2D eigenvalue weighted by Crippen LogP contribution is -2.42. The van der Waals surface area contributed by atoms with Crippen molar-refractivity contribution in [1.29, 1.82) is 0 Å². The summed E-state index contributed by atoms with van der Waals surface area (Å²) < 4.78 is 0. The Balaban J connectivity index is 1.79. The second-order valence-corrected chi connectivity index (χ2v) is 7.52. The summed E-state index contributed by atoms with van der Waals surface area (Å²) in [6.45, 7) is 7.34. The van der Waals surface area contributed by atoms with Crippen LogP contribution in [0.3, 0.4) is 0 Å². The molecule has 4 amide bonds. The summed E-state index contributed by atoms with van der Waals surface area (Å²) >= 11 is 0. The van der Waals surface area contributed by atoms with Crippen LogP contribution in [0.15, 0.2) is 42.5 Å². The molecule has 1 saturated heterocycles. The zero-order chi connectivity index (χ0) is 21.2. The predicted octanol–water partition coefficient (Wildman–Crippen LogP) is 3.53. The van der Waals surface area contributed by atoms with Crippen molar-refractivity contribution in [2.45, 2.75) is 46.1 Å². The Hall–Kier alpha value is -3.15. The molecule has 1 aliphatic heterocycles. The van der Waals surface area contributed by atoms with E-state index in [1.54, 1.807) is 6.92 Å². The van der Waals surface area contributed by atoms with E-state index in [0.29, 0.717) is 5.56 Å². The second kappa shape index (κ2) is 8.07. The molecule has 2 aromatic rings. The van der Waals surface area contributed by atoms with Gasteiger partial charge >= 0.3 is 6.03 Å². The molecule has 6 nitrogen and oxygen atoms in total. The molecular weight excluding hydrogens is 366 g/mol. The molecule has 1 aliphatic rings. The molecule has 0 radical (unpaired) electrons. The van der Waals surface area contributed by atoms with E-state index >= 15 is 0 Å². The molecule has 6 heteroatoms. The first-order valence-corrected chi connectivity index (χ1v) is 9.92. The monoisotopic (exact) mass is 393 g/mol. The topological polar surface area (TPSA) is 78.5 Å². The van der Waals surface area contributed by atoms with Gasteiger partial charge in [-0.3, -0.25) is 14.5 Å². The minimum atomic E-state index is -1.18. The maximum Gasteiger partial charge on any atom is 0.325 e. The van der Waals surface area contributed by atoms with E-state index in [2.05, 4.69) is 10.6 Å². The number of rotatable bonds is 6. The number of carbonyl (C=O) groups excluding carboxylic acids is 3. The number of anilines is 1. The van der Waals surface area contributed by atoms with Gasteiger partial charge in [-0.2, -0.15) is 0 Å². The molecule has 0 spiro atoms. The maximum absolute atomic E-state index is 13.0. The number of nitrogens with zero attached hydrogens (tertiary/aromatic N) is 1. The number of amides is 4. The lowest BCUT2D eigenvalue weighted by atomic mass is 9.91. The van der Waals surface area contributed by atoms with Gasteiger partial charge in [0.2, 0.25) is 5.91 Å². The molecule has 3 rings (SSSR count). The third-order valence-electron chi connectivity index (χ3n) is 5.47. The van der Waals surface area contributed by atoms with Gasteiger partial charge in [0.25, 0.3) is 5.91 Å². The first kappa shape index (κ1) is 20.6. The second-order valence-electron chi connectivity index (χ2n) is 7.52. The minimum Gasteiger partial charge on any atom is -0.324 e. The Morgan fingerprint density at radius 1 is 1.03 bits per heavy atom. The summed E-state index contributed by atoms with van der Waals surface area (Å²) in [6, 6.07) is 12.8. The van der Waals surface area contributed by atoms with Crippen molar-refractivity contribution in [1.82, 2.24) is 10.2 Å². The van der Waals surface area contributed by atoms with Gasteiger partial charge in [0.05, 0.1) is 0 Å². The number of hydrogen-bond acceptors (Lipinski definition) is 3. The largest absolute Gasteiger partial charge is 0.325 e. The van der Waals surface area contributed by atoms with Crippen molar-refractivity contribution in [3.8, 4) is 0 Å². The van der Waals surface area contributed by atoms with Crippen LogP contribution in [0.1, 0.15) is 43.0 Å². The van der Waals surface area contributed by atoms with E-state index in [1.165, 1.54) is 0 Å². The summed E-state index contributed by atoms with van der Waals surface area (Å²) in [5, 5.41) is 5.65. The van der Waals surface area contributed by atoms with Gasteiger partial charge in [0.15, 0.2) is 0 Å². The molecule has 0 unspecified atom stereocenters. The van der Waals surface area contributed by atoms with Crippen molar-refractivity contribution in [2.75, 3.05) is 11.9 Å². The molecule has 0 aliphatic carbocycles. The van der Waals surface area contributed by atoms with Crippen molar-refractivity contribution in [3.63, 3.8) is 0 Å². The van der Waals surface area contributed by atoms with Crippen molar-refractivity contribution < 1.29 is 14.4 Å². The summed E-state index contributed by atoms with van der Waals surface area (Å²) in [4.78, 5) is 39.2. The van der Waals surface area contributed by atoms with Gasteiger partial charge < -0.3 is 10.6 Å². The number of carbonyl (C=O) groups is 3. The fraction of sp³-hybridized carbons (Fsp3) is 0.348. The highest BCUT2D eigenvalue weighted by Gasteiger charge is 2.49. The van der Waals surface area contributed by atoms with Crippen LogP contribution in [0.2, 0.25) is 0 Å². The molecule has 0 saturated carbocycles. The Morgan fingerprint density at radius 2 is 1.62 bits per heavy atom. The molecule has 0 aromatic heterocycles. The molecule has 152 valence electrons. The highest BCUT2D eigenvalue weighted by molar-refractivity contribution is 6.10. The standard InChI is InChI=1S/C23H27N3O3/c1-5-16-8-7-9-17(6-2)20(16)24-19(27)14-26-21(28)23(4,25-22(26)29)18-12-10-15(3)11-13-18/h7-13H,5-6,14H2,1-4H3,(H,24,27)(H,25,29)/t23-/m1/s1. The zero-order valence-corrected chi connectivity index (χ0v) is 17.3. The Morgan fingerprint density at radius 3 is 2.17 bits per heavy atom. The van der Waals surface area contributed by atoms with Gasteiger partial charge in [-0.1, -0.05) is 61.9 Å². The average molecular weight is 393 g/mol. The molecule has 2 N–H and O–H groups in total. The van der Waals surface area contributed by atoms with E-state index in [9.17, 15) is 14.4 Å². The van der Waals surface area contributed by atoms with E-state index in [1.807, 2.05) is 63.2 Å². The van der Waals surface area contributed by atoms with Crippen LogP contribution in [0.25, 0.3) is 0 Å². The number of para-hydroxylation sites is 1. The van der Waals surface area contributed by atoms with Crippen LogP contribution in [0.5, 0.6) is 0 Å². The number of aryl methyl sites for hydroxylation is 3. The van der Waals surface area contributed by atoms with Crippen molar-refractivity contribution in [2.24, 2.45) is 0 Å². The van der Waals surface area contributed by atoms with E-state index < -0.39 is 23.4 Å². The lowest BCUT2D eigenvalue weighted by molar-refractivity contribution is -0.133. The highest BCUT2D eigenvalue weighted by Crippen LogP contribution is 2.29. The molecule has 29 heavy (non-hydrogen) atoms. The quantitative estimate of drug-likeness (QED) is 0.737. The Kier molecular flexibility index (Phi) is 5.73. The van der Waals surface area contributed by atoms with E-state index in [-0.39, 0.29) is 6.54 Å². The third kappa shape index (κ3) is 3.88. The van der Waals surface area contributed by atoms with E-state index in [0.717, 1.165) is 40.1 Å². The van der Waals surface area contributed by atoms with Crippen molar-refractivity contribution >= 4 is 23.5 Å². The highest BCUT2D eigenvalue weighted by atomic mass is 16.2. The van der Waals surface area contributed by atoms with Crippen molar-refractivity contribution in [3.05, 3.63) is 64.7 Å². The number of urea groups is 1. The first-order valence-electron chi connectivity index (χ1n) is 9.92. The maximum atomic E-state index is 13.0. The van der Waals surface area contributed by atoms with Crippen LogP contribution in [0, 0.1) is 6.92 Å². The van der Waals surface area contributed by atoms with Gasteiger partial charge in [-0.25, -0.2) is 4.79 Å². The van der Waals surface area contributed by atoms with Crippen LogP contribution in [-0.2, 0) is 28.0 Å². The zero-order valence-electron chi connectivity index (χ0n) is 17.3. The Labute approximate surface area is 171 Å². The normalized spacial score (nSPS) is 18.7. The van der Waals surface area contributed by atoms with Crippen LogP contribution in [0.4, 0.5) is 10.5 Å². The number of benzene rings is 2. The summed E-state index contributed by atoms with van der Waals surface area (Å²) in [6.07, 6.45) is 1.55. The average Bonchev–Trinajstić information content (AvgIpc) is 2.92. The lowest BCUT2D eigenvalue weighted by Gasteiger charge is -2.22. The SMILES string of the molecule is CCc1cccc(CC)c1NC(=O)CN1C(=O)N[C@](C)(c2ccc(C)cc2)C1=O. The summed E-state index contributed by atoms with van der Waals surface area (Å²) in [7, 11) is 0.